The highest BCUT2D eigenvalue weighted by Gasteiger charge is 2.30. The predicted octanol–water partition coefficient (Wildman–Crippen LogP) is 4.92. The number of ether oxygens (including phenoxy) is 1. The lowest BCUT2D eigenvalue weighted by Crippen LogP contribution is -2.40. The molecule has 0 saturated carbocycles. The standard InChI is InChI=1S/C23H27ClN2O3S/c1-29-23(28)20-18-9-2-3-10-19(18)30-22(20)25-21(27)16-7-5-11-26(14-16)13-15-6-4-8-17(24)12-15/h4,6,8,12,16H,2-3,5,7,9-11,13-14H2,1H3,(H,25,27). The van der Waals surface area contributed by atoms with Crippen LogP contribution in [0.4, 0.5) is 5.00 Å². The van der Waals surface area contributed by atoms with E-state index in [0.29, 0.717) is 17.1 Å². The van der Waals surface area contributed by atoms with Crippen LogP contribution in [0.2, 0.25) is 5.02 Å². The number of benzene rings is 1. The lowest BCUT2D eigenvalue weighted by Gasteiger charge is -2.32. The van der Waals surface area contributed by atoms with Crippen molar-refractivity contribution in [2.45, 2.75) is 45.1 Å². The molecule has 2 heterocycles. The van der Waals surface area contributed by atoms with Gasteiger partial charge in [-0.1, -0.05) is 23.7 Å². The molecule has 1 unspecified atom stereocenters. The summed E-state index contributed by atoms with van der Waals surface area (Å²) in [5, 5.41) is 4.47. The fourth-order valence-corrected chi connectivity index (χ4v) is 5.99. The average molecular weight is 447 g/mol. The first-order valence-electron chi connectivity index (χ1n) is 10.6. The molecule has 1 aromatic carbocycles. The van der Waals surface area contributed by atoms with Crippen molar-refractivity contribution < 1.29 is 14.3 Å². The van der Waals surface area contributed by atoms with Crippen LogP contribution >= 0.6 is 22.9 Å². The summed E-state index contributed by atoms with van der Waals surface area (Å²) in [4.78, 5) is 29.0. The summed E-state index contributed by atoms with van der Waals surface area (Å²) in [6.45, 7) is 2.46. The van der Waals surface area contributed by atoms with Gasteiger partial charge in [-0.15, -0.1) is 11.3 Å². The molecule has 1 aromatic heterocycles. The zero-order valence-electron chi connectivity index (χ0n) is 17.2. The Bertz CT molecular complexity index is 943. The number of hydrogen-bond acceptors (Lipinski definition) is 5. The Hall–Kier alpha value is -1.89. The third kappa shape index (κ3) is 4.71. The van der Waals surface area contributed by atoms with Crippen molar-refractivity contribution in [1.29, 1.82) is 0 Å². The highest BCUT2D eigenvalue weighted by molar-refractivity contribution is 7.17. The Morgan fingerprint density at radius 1 is 1.27 bits per heavy atom. The molecule has 2 aliphatic rings. The van der Waals surface area contributed by atoms with Crippen LogP contribution < -0.4 is 5.32 Å². The first-order valence-corrected chi connectivity index (χ1v) is 11.7. The molecule has 1 N–H and O–H groups in total. The molecule has 1 amide bonds. The van der Waals surface area contributed by atoms with Crippen LogP contribution in [0.25, 0.3) is 0 Å². The van der Waals surface area contributed by atoms with E-state index in [1.807, 2.05) is 18.2 Å². The van der Waals surface area contributed by atoms with E-state index in [2.05, 4.69) is 16.3 Å². The van der Waals surface area contributed by atoms with E-state index in [1.165, 1.54) is 12.0 Å². The van der Waals surface area contributed by atoms with Crippen LogP contribution in [0.1, 0.15) is 52.0 Å². The van der Waals surface area contributed by atoms with Gasteiger partial charge in [0.15, 0.2) is 0 Å². The van der Waals surface area contributed by atoms with E-state index in [4.69, 9.17) is 16.3 Å². The van der Waals surface area contributed by atoms with E-state index in [-0.39, 0.29) is 17.8 Å². The number of carbonyl (C=O) groups excluding carboxylic acids is 2. The number of aryl methyl sites for hydroxylation is 1. The molecule has 0 radical (unpaired) electrons. The second-order valence-corrected chi connectivity index (χ2v) is 9.64. The maximum atomic E-state index is 13.1. The maximum Gasteiger partial charge on any atom is 0.341 e. The number of likely N-dealkylation sites (tertiary alicyclic amines) is 1. The quantitative estimate of drug-likeness (QED) is 0.662. The molecule has 1 aliphatic heterocycles. The fourth-order valence-electron chi connectivity index (χ4n) is 4.49. The number of anilines is 1. The number of hydrogen-bond donors (Lipinski definition) is 1. The van der Waals surface area contributed by atoms with E-state index >= 15 is 0 Å². The normalized spacial score (nSPS) is 19.2. The second kappa shape index (κ2) is 9.50. The number of amides is 1. The number of carbonyl (C=O) groups is 2. The highest BCUT2D eigenvalue weighted by Crippen LogP contribution is 2.39. The van der Waals surface area contributed by atoms with E-state index < -0.39 is 0 Å². The summed E-state index contributed by atoms with van der Waals surface area (Å²) >= 11 is 7.65. The van der Waals surface area contributed by atoms with Gasteiger partial charge in [-0.2, -0.15) is 0 Å². The number of nitrogens with zero attached hydrogens (tertiary/aromatic N) is 1. The molecule has 1 atom stereocenters. The van der Waals surface area contributed by atoms with Gasteiger partial charge in [-0.25, -0.2) is 4.79 Å². The average Bonchev–Trinajstić information content (AvgIpc) is 3.11. The summed E-state index contributed by atoms with van der Waals surface area (Å²) < 4.78 is 5.02. The van der Waals surface area contributed by atoms with Gasteiger partial charge >= 0.3 is 5.97 Å². The molecule has 160 valence electrons. The molecule has 1 aliphatic carbocycles. The van der Waals surface area contributed by atoms with Gasteiger partial charge in [0.05, 0.1) is 18.6 Å². The number of esters is 1. The van der Waals surface area contributed by atoms with E-state index in [9.17, 15) is 9.59 Å². The maximum absolute atomic E-state index is 13.1. The van der Waals surface area contributed by atoms with Crippen LogP contribution in [0.3, 0.4) is 0 Å². The molecule has 1 saturated heterocycles. The number of fused-ring (bicyclic) bond motifs is 1. The first kappa shape index (κ1) is 21.3. The molecule has 30 heavy (non-hydrogen) atoms. The minimum atomic E-state index is -0.351. The van der Waals surface area contributed by atoms with Crippen molar-refractivity contribution in [3.8, 4) is 0 Å². The largest absolute Gasteiger partial charge is 0.465 e. The SMILES string of the molecule is COC(=O)c1c(NC(=O)C2CCCN(Cc3cccc(Cl)c3)C2)sc2c1CCCC2. The molecule has 0 spiro atoms. The summed E-state index contributed by atoms with van der Waals surface area (Å²) in [5.74, 6) is -0.451. The Balaban J connectivity index is 1.46. The van der Waals surface area contributed by atoms with Gasteiger partial charge in [0.1, 0.15) is 5.00 Å². The summed E-state index contributed by atoms with van der Waals surface area (Å²) in [7, 11) is 1.40. The Labute approximate surface area is 186 Å². The summed E-state index contributed by atoms with van der Waals surface area (Å²) in [5.41, 5.74) is 2.79. The van der Waals surface area contributed by atoms with Gasteiger partial charge in [0.2, 0.25) is 5.91 Å². The van der Waals surface area contributed by atoms with E-state index in [0.717, 1.165) is 67.8 Å². The third-order valence-corrected chi connectivity index (χ3v) is 7.41. The van der Waals surface area contributed by atoms with Gasteiger partial charge in [-0.3, -0.25) is 9.69 Å². The van der Waals surface area contributed by atoms with Crippen LogP contribution in [0.5, 0.6) is 0 Å². The summed E-state index contributed by atoms with van der Waals surface area (Å²) in [6, 6.07) is 7.87. The number of thiophene rings is 1. The van der Waals surface area contributed by atoms with Crippen molar-refractivity contribution in [2.75, 3.05) is 25.5 Å². The highest BCUT2D eigenvalue weighted by atomic mass is 35.5. The number of nitrogens with one attached hydrogen (secondary N) is 1. The monoisotopic (exact) mass is 446 g/mol. The predicted molar refractivity (Wildman–Crippen MR) is 120 cm³/mol. The lowest BCUT2D eigenvalue weighted by atomic mass is 9.95. The smallest absolute Gasteiger partial charge is 0.341 e. The molecule has 7 heteroatoms. The number of methoxy groups -OCH3 is 1. The minimum Gasteiger partial charge on any atom is -0.465 e. The van der Waals surface area contributed by atoms with Crippen LogP contribution in [-0.4, -0.2) is 37.0 Å². The Kier molecular flexibility index (Phi) is 6.76. The topological polar surface area (TPSA) is 58.6 Å². The molecule has 4 rings (SSSR count). The zero-order valence-corrected chi connectivity index (χ0v) is 18.8. The van der Waals surface area contributed by atoms with Crippen molar-refractivity contribution in [3.05, 3.63) is 50.9 Å². The van der Waals surface area contributed by atoms with Crippen LogP contribution in [-0.2, 0) is 28.9 Å². The molecule has 0 bridgehead atoms. The number of piperidine rings is 1. The first-order chi connectivity index (χ1) is 14.5. The fraction of sp³-hybridized carbons (Fsp3) is 0.478. The van der Waals surface area contributed by atoms with Crippen molar-refractivity contribution in [2.24, 2.45) is 5.92 Å². The van der Waals surface area contributed by atoms with Crippen LogP contribution in [0.15, 0.2) is 24.3 Å². The van der Waals surface area contributed by atoms with Crippen LogP contribution in [0, 0.1) is 5.92 Å². The van der Waals surface area contributed by atoms with Gasteiger partial charge in [-0.05, 0) is 68.3 Å². The summed E-state index contributed by atoms with van der Waals surface area (Å²) in [6.07, 6.45) is 5.88. The zero-order chi connectivity index (χ0) is 21.1. The van der Waals surface area contributed by atoms with E-state index in [1.54, 1.807) is 11.3 Å². The Morgan fingerprint density at radius 3 is 2.90 bits per heavy atom. The molecular weight excluding hydrogens is 420 g/mol. The molecule has 5 nitrogen and oxygen atoms in total. The number of rotatable bonds is 5. The molecule has 1 fully saturated rings. The van der Waals surface area contributed by atoms with Crippen molar-refractivity contribution in [3.63, 3.8) is 0 Å². The number of halogens is 1. The van der Waals surface area contributed by atoms with Crippen molar-refractivity contribution in [1.82, 2.24) is 4.90 Å². The van der Waals surface area contributed by atoms with Crippen molar-refractivity contribution >= 4 is 39.8 Å². The minimum absolute atomic E-state index is 0.00505. The Morgan fingerprint density at radius 2 is 2.10 bits per heavy atom. The van der Waals surface area contributed by atoms with Gasteiger partial charge in [0.25, 0.3) is 0 Å². The molecule has 2 aromatic rings. The third-order valence-electron chi connectivity index (χ3n) is 5.97. The lowest BCUT2D eigenvalue weighted by molar-refractivity contribution is -0.121. The molecular formula is C23H27ClN2O3S. The van der Waals surface area contributed by atoms with Gasteiger partial charge < -0.3 is 10.1 Å². The van der Waals surface area contributed by atoms with Gasteiger partial charge in [0, 0.05) is 23.0 Å². The second-order valence-electron chi connectivity index (χ2n) is 8.10.